The van der Waals surface area contributed by atoms with E-state index in [1.807, 2.05) is 18.2 Å². The molecule has 0 saturated carbocycles. The molecule has 0 atom stereocenters. The van der Waals surface area contributed by atoms with Crippen LogP contribution in [0, 0.1) is 5.82 Å². The molecule has 2 heterocycles. The molecule has 3 aromatic carbocycles. The standard InChI is InChI=1S/C25H23ClFN3O5S/c26-19-4-2-18(3-5-19)25(31)28-22-7-6-20(14-21(22)27)36(32,33)30-11-9-29(10-12-30)15-17-1-8-23-24(13-17)35-16-34-23/h1-8,13-14H,9-12,15-16H2,(H,28,31). The van der Waals surface area contributed by atoms with Crippen LogP contribution in [-0.4, -0.2) is 56.5 Å². The highest BCUT2D eigenvalue weighted by Gasteiger charge is 2.29. The fourth-order valence-electron chi connectivity index (χ4n) is 4.13. The van der Waals surface area contributed by atoms with Crippen molar-refractivity contribution in [2.45, 2.75) is 11.4 Å². The number of halogens is 2. The lowest BCUT2D eigenvalue weighted by Gasteiger charge is -2.34. The Labute approximate surface area is 213 Å². The van der Waals surface area contributed by atoms with Crippen molar-refractivity contribution in [3.8, 4) is 11.5 Å². The average molecular weight is 532 g/mol. The van der Waals surface area contributed by atoms with Gasteiger partial charge in [0.05, 0.1) is 10.6 Å². The van der Waals surface area contributed by atoms with Gasteiger partial charge < -0.3 is 14.8 Å². The van der Waals surface area contributed by atoms with Crippen LogP contribution in [0.5, 0.6) is 11.5 Å². The topological polar surface area (TPSA) is 88.2 Å². The number of sulfonamides is 1. The summed E-state index contributed by atoms with van der Waals surface area (Å²) in [7, 11) is -3.89. The van der Waals surface area contributed by atoms with E-state index in [9.17, 15) is 17.6 Å². The summed E-state index contributed by atoms with van der Waals surface area (Å²) in [5.41, 5.74) is 1.24. The molecule has 0 aromatic heterocycles. The van der Waals surface area contributed by atoms with E-state index in [-0.39, 0.29) is 30.5 Å². The van der Waals surface area contributed by atoms with Gasteiger partial charge >= 0.3 is 0 Å². The second kappa shape index (κ2) is 10.1. The number of benzene rings is 3. The summed E-state index contributed by atoms with van der Waals surface area (Å²) in [6.45, 7) is 2.50. The number of hydrogen-bond acceptors (Lipinski definition) is 6. The lowest BCUT2D eigenvalue weighted by atomic mass is 10.2. The molecule has 36 heavy (non-hydrogen) atoms. The van der Waals surface area contributed by atoms with Gasteiger partial charge in [-0.05, 0) is 60.2 Å². The minimum absolute atomic E-state index is 0.109. The maximum absolute atomic E-state index is 14.7. The Bertz CT molecular complexity index is 1390. The number of piperazine rings is 1. The first-order valence-corrected chi connectivity index (χ1v) is 13.1. The molecule has 5 rings (SSSR count). The van der Waals surface area contributed by atoms with Crippen molar-refractivity contribution >= 4 is 33.2 Å². The summed E-state index contributed by atoms with van der Waals surface area (Å²) >= 11 is 5.82. The zero-order valence-corrected chi connectivity index (χ0v) is 20.7. The van der Waals surface area contributed by atoms with Crippen LogP contribution in [-0.2, 0) is 16.6 Å². The van der Waals surface area contributed by atoms with Crippen molar-refractivity contribution in [2.75, 3.05) is 38.3 Å². The molecule has 0 aliphatic carbocycles. The summed E-state index contributed by atoms with van der Waals surface area (Å²) in [6, 6.07) is 15.4. The second-order valence-corrected chi connectivity index (χ2v) is 10.8. The summed E-state index contributed by atoms with van der Waals surface area (Å²) in [5.74, 6) is 0.0700. The summed E-state index contributed by atoms with van der Waals surface area (Å²) < 4.78 is 53.1. The number of fused-ring (bicyclic) bond motifs is 1. The van der Waals surface area contributed by atoms with Crippen molar-refractivity contribution in [2.24, 2.45) is 0 Å². The quantitative estimate of drug-likeness (QED) is 0.518. The number of nitrogens with one attached hydrogen (secondary N) is 1. The van der Waals surface area contributed by atoms with Crippen LogP contribution in [0.25, 0.3) is 0 Å². The molecular formula is C25H23ClFN3O5S. The van der Waals surface area contributed by atoms with Gasteiger partial charge in [0.25, 0.3) is 5.91 Å². The fraction of sp³-hybridized carbons (Fsp3) is 0.240. The molecule has 2 aliphatic rings. The van der Waals surface area contributed by atoms with Crippen LogP contribution >= 0.6 is 11.6 Å². The number of anilines is 1. The molecule has 3 aromatic rings. The van der Waals surface area contributed by atoms with Gasteiger partial charge in [0.15, 0.2) is 11.5 Å². The first-order valence-electron chi connectivity index (χ1n) is 11.3. The molecule has 1 amide bonds. The van der Waals surface area contributed by atoms with E-state index in [4.69, 9.17) is 21.1 Å². The van der Waals surface area contributed by atoms with Crippen LogP contribution in [0.15, 0.2) is 65.6 Å². The third-order valence-electron chi connectivity index (χ3n) is 6.11. The van der Waals surface area contributed by atoms with Gasteiger partial charge in [0.2, 0.25) is 16.8 Å². The molecule has 0 unspecified atom stereocenters. The maximum atomic E-state index is 14.7. The van der Waals surface area contributed by atoms with Crippen molar-refractivity contribution in [1.82, 2.24) is 9.21 Å². The Hall–Kier alpha value is -3.18. The Balaban J connectivity index is 1.21. The number of carbonyl (C=O) groups excluding carboxylic acids is 1. The molecule has 2 aliphatic heterocycles. The SMILES string of the molecule is O=C(Nc1ccc(S(=O)(=O)N2CCN(Cc3ccc4c(c3)OCO4)CC2)cc1F)c1ccc(Cl)cc1. The zero-order chi connectivity index (χ0) is 25.3. The van der Waals surface area contributed by atoms with Gasteiger partial charge in [-0.2, -0.15) is 4.31 Å². The van der Waals surface area contributed by atoms with Crippen molar-refractivity contribution < 1.29 is 27.1 Å². The average Bonchev–Trinajstić information content (AvgIpc) is 3.34. The van der Waals surface area contributed by atoms with Crippen LogP contribution in [0.1, 0.15) is 15.9 Å². The Morgan fingerprint density at radius 3 is 2.39 bits per heavy atom. The predicted octanol–water partition coefficient (Wildman–Crippen LogP) is 3.97. The molecule has 8 nitrogen and oxygen atoms in total. The first kappa shape index (κ1) is 24.5. The lowest BCUT2D eigenvalue weighted by Crippen LogP contribution is -2.48. The van der Waals surface area contributed by atoms with Gasteiger partial charge in [-0.25, -0.2) is 12.8 Å². The Morgan fingerprint density at radius 2 is 1.67 bits per heavy atom. The molecule has 0 bridgehead atoms. The highest BCUT2D eigenvalue weighted by atomic mass is 35.5. The minimum Gasteiger partial charge on any atom is -0.454 e. The van der Waals surface area contributed by atoms with Crippen LogP contribution in [0.3, 0.4) is 0 Å². The number of carbonyl (C=O) groups is 1. The molecule has 1 saturated heterocycles. The van der Waals surface area contributed by atoms with Crippen LogP contribution in [0.4, 0.5) is 10.1 Å². The van der Waals surface area contributed by atoms with Crippen molar-refractivity contribution in [3.63, 3.8) is 0 Å². The van der Waals surface area contributed by atoms with E-state index in [1.165, 1.54) is 28.6 Å². The Morgan fingerprint density at radius 1 is 0.944 bits per heavy atom. The third kappa shape index (κ3) is 5.17. The number of amides is 1. The summed E-state index contributed by atoms with van der Waals surface area (Å²) in [6.07, 6.45) is 0. The number of rotatable bonds is 6. The highest BCUT2D eigenvalue weighted by molar-refractivity contribution is 7.89. The van der Waals surface area contributed by atoms with E-state index in [2.05, 4.69) is 10.2 Å². The monoisotopic (exact) mass is 531 g/mol. The minimum atomic E-state index is -3.89. The second-order valence-electron chi connectivity index (χ2n) is 8.47. The van der Waals surface area contributed by atoms with Gasteiger partial charge in [0.1, 0.15) is 5.82 Å². The predicted molar refractivity (Wildman–Crippen MR) is 132 cm³/mol. The zero-order valence-electron chi connectivity index (χ0n) is 19.1. The molecular weight excluding hydrogens is 509 g/mol. The number of hydrogen-bond donors (Lipinski definition) is 1. The molecule has 1 fully saturated rings. The summed E-state index contributed by atoms with van der Waals surface area (Å²) in [5, 5.41) is 2.93. The lowest BCUT2D eigenvalue weighted by molar-refractivity contribution is 0.102. The van der Waals surface area contributed by atoms with E-state index in [0.29, 0.717) is 36.0 Å². The maximum Gasteiger partial charge on any atom is 0.255 e. The number of nitrogens with zero attached hydrogens (tertiary/aromatic N) is 2. The largest absolute Gasteiger partial charge is 0.454 e. The first-order chi connectivity index (χ1) is 17.3. The van der Waals surface area contributed by atoms with Gasteiger partial charge in [-0.1, -0.05) is 17.7 Å². The van der Waals surface area contributed by atoms with Gasteiger partial charge in [-0.3, -0.25) is 9.69 Å². The molecule has 0 radical (unpaired) electrons. The Kier molecular flexibility index (Phi) is 6.85. The van der Waals surface area contributed by atoms with Crippen LogP contribution in [0.2, 0.25) is 5.02 Å². The van der Waals surface area contributed by atoms with E-state index in [0.717, 1.165) is 17.4 Å². The third-order valence-corrected chi connectivity index (χ3v) is 8.25. The molecule has 0 spiro atoms. The van der Waals surface area contributed by atoms with E-state index in [1.54, 1.807) is 12.1 Å². The molecule has 11 heteroatoms. The molecule has 188 valence electrons. The number of ether oxygens (including phenoxy) is 2. The van der Waals surface area contributed by atoms with E-state index >= 15 is 0 Å². The smallest absolute Gasteiger partial charge is 0.255 e. The summed E-state index contributed by atoms with van der Waals surface area (Å²) in [4.78, 5) is 14.4. The van der Waals surface area contributed by atoms with Crippen molar-refractivity contribution in [1.29, 1.82) is 0 Å². The van der Waals surface area contributed by atoms with Crippen LogP contribution < -0.4 is 14.8 Å². The molecule has 1 N–H and O–H groups in total. The highest BCUT2D eigenvalue weighted by Crippen LogP contribution is 2.33. The fourth-order valence-corrected chi connectivity index (χ4v) is 5.69. The van der Waals surface area contributed by atoms with E-state index < -0.39 is 21.7 Å². The normalized spacial score (nSPS) is 16.2. The van der Waals surface area contributed by atoms with Gasteiger partial charge in [0, 0.05) is 43.3 Å². The van der Waals surface area contributed by atoms with Gasteiger partial charge in [-0.15, -0.1) is 0 Å². The van der Waals surface area contributed by atoms with Crippen molar-refractivity contribution in [3.05, 3.63) is 82.6 Å².